The van der Waals surface area contributed by atoms with Crippen LogP contribution in [0.2, 0.25) is 0 Å². The van der Waals surface area contributed by atoms with E-state index < -0.39 is 0 Å². The van der Waals surface area contributed by atoms with E-state index in [2.05, 4.69) is 34.7 Å². The lowest BCUT2D eigenvalue weighted by Crippen LogP contribution is -2.29. The van der Waals surface area contributed by atoms with E-state index >= 15 is 0 Å². The van der Waals surface area contributed by atoms with Crippen molar-refractivity contribution in [3.63, 3.8) is 0 Å². The summed E-state index contributed by atoms with van der Waals surface area (Å²) in [4.78, 5) is 2.15. The number of halogens is 1. The highest BCUT2D eigenvalue weighted by molar-refractivity contribution is 9.09. The van der Waals surface area contributed by atoms with Crippen molar-refractivity contribution in [1.82, 2.24) is 4.90 Å². The zero-order valence-electron chi connectivity index (χ0n) is 5.97. The van der Waals surface area contributed by atoms with Gasteiger partial charge in [0.2, 0.25) is 0 Å². The second-order valence-electron chi connectivity index (χ2n) is 1.92. The average molecular weight is 196 g/mol. The number of rotatable bonds is 4. The Morgan fingerprint density at radius 2 is 1.89 bits per heavy atom. The quantitative estimate of drug-likeness (QED) is 0.679. The van der Waals surface area contributed by atoms with Gasteiger partial charge in [-0.15, -0.1) is 0 Å². The molecule has 0 aliphatic heterocycles. The minimum absolute atomic E-state index is 0.377. The van der Waals surface area contributed by atoms with E-state index in [0.717, 1.165) is 13.1 Å². The summed E-state index contributed by atoms with van der Waals surface area (Å²) in [5.41, 5.74) is 0. The molecule has 0 spiro atoms. The van der Waals surface area contributed by atoms with Crippen LogP contribution >= 0.6 is 15.9 Å². The second kappa shape index (κ2) is 5.21. The first-order chi connectivity index (χ1) is 4.20. The fraction of sp³-hybridized carbons (Fsp3) is 1.00. The minimum atomic E-state index is -0.377. The molecule has 0 aromatic heterocycles. The maximum atomic E-state index is 8.86. The summed E-state index contributed by atoms with van der Waals surface area (Å²) in [5, 5.41) is 8.48. The van der Waals surface area contributed by atoms with Gasteiger partial charge in [0, 0.05) is 6.54 Å². The van der Waals surface area contributed by atoms with Crippen molar-refractivity contribution in [2.24, 2.45) is 0 Å². The minimum Gasteiger partial charge on any atom is -0.380 e. The first kappa shape index (κ1) is 9.40. The van der Waals surface area contributed by atoms with Gasteiger partial charge >= 0.3 is 0 Å². The molecule has 0 radical (unpaired) electrons. The Bertz CT molecular complexity index is 64.1. The van der Waals surface area contributed by atoms with Crippen LogP contribution < -0.4 is 0 Å². The molecule has 56 valence electrons. The molecule has 1 unspecified atom stereocenters. The van der Waals surface area contributed by atoms with Gasteiger partial charge in [-0.1, -0.05) is 29.8 Å². The summed E-state index contributed by atoms with van der Waals surface area (Å²) in [7, 11) is 0. The van der Waals surface area contributed by atoms with Crippen LogP contribution in [0.15, 0.2) is 0 Å². The van der Waals surface area contributed by atoms with Crippen molar-refractivity contribution in [3.05, 3.63) is 0 Å². The molecular formula is C6H14BrNO. The summed E-state index contributed by atoms with van der Waals surface area (Å²) in [6.45, 7) is 6.88. The van der Waals surface area contributed by atoms with Crippen LogP contribution in [-0.4, -0.2) is 34.7 Å². The molecule has 3 heteroatoms. The third-order valence-electron chi connectivity index (χ3n) is 1.30. The number of nitrogens with zero attached hydrogens (tertiary/aromatic N) is 1. The van der Waals surface area contributed by atoms with E-state index in [4.69, 9.17) is 5.11 Å². The van der Waals surface area contributed by atoms with Crippen molar-refractivity contribution in [2.75, 3.05) is 19.6 Å². The number of hydrogen-bond acceptors (Lipinski definition) is 2. The summed E-state index contributed by atoms with van der Waals surface area (Å²) in [6, 6.07) is 0. The van der Waals surface area contributed by atoms with Gasteiger partial charge in [0.15, 0.2) is 0 Å². The lowest BCUT2D eigenvalue weighted by Gasteiger charge is -2.18. The normalized spacial score (nSPS) is 14.3. The molecule has 2 nitrogen and oxygen atoms in total. The molecule has 0 saturated carbocycles. The van der Waals surface area contributed by atoms with Crippen LogP contribution in [-0.2, 0) is 0 Å². The maximum Gasteiger partial charge on any atom is 0.121 e. The molecule has 0 saturated heterocycles. The summed E-state index contributed by atoms with van der Waals surface area (Å²) < 4.78 is 0. The molecule has 0 aromatic carbocycles. The van der Waals surface area contributed by atoms with Crippen molar-refractivity contribution in [3.8, 4) is 0 Å². The largest absolute Gasteiger partial charge is 0.380 e. The Kier molecular flexibility index (Phi) is 5.44. The third-order valence-corrected chi connectivity index (χ3v) is 1.59. The fourth-order valence-corrected chi connectivity index (χ4v) is 1.10. The monoisotopic (exact) mass is 195 g/mol. The first-order valence-electron chi connectivity index (χ1n) is 3.25. The van der Waals surface area contributed by atoms with Crippen LogP contribution in [0.25, 0.3) is 0 Å². The highest BCUT2D eigenvalue weighted by Crippen LogP contribution is 1.97. The summed E-state index contributed by atoms with van der Waals surface area (Å²) in [6.07, 6.45) is 0. The van der Waals surface area contributed by atoms with Gasteiger partial charge in [-0.3, -0.25) is 0 Å². The molecule has 0 aliphatic carbocycles. The Morgan fingerprint density at radius 1 is 1.44 bits per heavy atom. The zero-order valence-corrected chi connectivity index (χ0v) is 7.56. The molecular weight excluding hydrogens is 182 g/mol. The van der Waals surface area contributed by atoms with Crippen LogP contribution in [0.4, 0.5) is 0 Å². The molecule has 0 fully saturated rings. The number of hydrogen-bond donors (Lipinski definition) is 1. The zero-order chi connectivity index (χ0) is 7.28. The van der Waals surface area contributed by atoms with Gasteiger partial charge in [-0.25, -0.2) is 0 Å². The van der Waals surface area contributed by atoms with E-state index in [9.17, 15) is 0 Å². The second-order valence-corrected chi connectivity index (χ2v) is 2.98. The van der Waals surface area contributed by atoms with Gasteiger partial charge in [-0.2, -0.15) is 0 Å². The van der Waals surface area contributed by atoms with E-state index in [1.165, 1.54) is 0 Å². The highest BCUT2D eigenvalue weighted by Gasteiger charge is 2.02. The molecule has 0 heterocycles. The number of likely N-dealkylation sites (N-methyl/N-ethyl adjacent to an activating group) is 1. The van der Waals surface area contributed by atoms with E-state index in [0.29, 0.717) is 6.54 Å². The smallest absolute Gasteiger partial charge is 0.121 e. The van der Waals surface area contributed by atoms with Gasteiger partial charge < -0.3 is 10.0 Å². The Balaban J connectivity index is 3.31. The fourth-order valence-electron chi connectivity index (χ4n) is 0.695. The molecule has 0 amide bonds. The lowest BCUT2D eigenvalue weighted by molar-refractivity contribution is 0.188. The van der Waals surface area contributed by atoms with E-state index in [-0.39, 0.29) is 5.01 Å². The van der Waals surface area contributed by atoms with Crippen LogP contribution in [0, 0.1) is 0 Å². The molecule has 0 rings (SSSR count). The summed E-state index contributed by atoms with van der Waals surface area (Å²) in [5.74, 6) is 0. The van der Waals surface area contributed by atoms with Crippen LogP contribution in [0.3, 0.4) is 0 Å². The van der Waals surface area contributed by atoms with Crippen molar-refractivity contribution < 1.29 is 5.11 Å². The lowest BCUT2D eigenvalue weighted by atomic mass is 10.5. The average Bonchev–Trinajstić information content (AvgIpc) is 1.82. The topological polar surface area (TPSA) is 23.5 Å². The molecule has 0 bridgehead atoms. The molecule has 1 N–H and O–H groups in total. The number of aliphatic hydroxyl groups excluding tert-OH is 1. The first-order valence-corrected chi connectivity index (χ1v) is 4.16. The molecule has 1 atom stereocenters. The molecule has 0 aliphatic rings. The Morgan fingerprint density at radius 3 is 2.00 bits per heavy atom. The third kappa shape index (κ3) is 4.88. The standard InChI is InChI=1S/C6H14BrNO/c1-3-8(4-2)5-6(7)9/h6,9H,3-5H2,1-2H3. The van der Waals surface area contributed by atoms with Gasteiger partial charge in [0.1, 0.15) is 5.01 Å². The maximum absolute atomic E-state index is 8.86. The van der Waals surface area contributed by atoms with E-state index in [1.54, 1.807) is 0 Å². The van der Waals surface area contributed by atoms with Crippen molar-refractivity contribution >= 4 is 15.9 Å². The predicted molar refractivity (Wildman–Crippen MR) is 42.7 cm³/mol. The van der Waals surface area contributed by atoms with Gasteiger partial charge in [0.25, 0.3) is 0 Å². The van der Waals surface area contributed by atoms with Crippen molar-refractivity contribution in [1.29, 1.82) is 0 Å². The number of alkyl halides is 1. The van der Waals surface area contributed by atoms with Gasteiger partial charge in [-0.05, 0) is 13.1 Å². The summed E-state index contributed by atoms with van der Waals surface area (Å²) >= 11 is 3.07. The molecule has 9 heavy (non-hydrogen) atoms. The van der Waals surface area contributed by atoms with Crippen LogP contribution in [0.1, 0.15) is 13.8 Å². The van der Waals surface area contributed by atoms with Gasteiger partial charge in [0.05, 0.1) is 0 Å². The van der Waals surface area contributed by atoms with Crippen LogP contribution in [0.5, 0.6) is 0 Å². The SMILES string of the molecule is CCN(CC)CC(O)Br. The molecule has 0 aromatic rings. The van der Waals surface area contributed by atoms with E-state index in [1.807, 2.05) is 0 Å². The predicted octanol–water partition coefficient (Wildman–Crippen LogP) is 1.04. The Hall–Kier alpha value is 0.400. The highest BCUT2D eigenvalue weighted by atomic mass is 79.9. The van der Waals surface area contributed by atoms with Crippen molar-refractivity contribution in [2.45, 2.75) is 18.9 Å². The Labute approximate surface area is 65.0 Å². The number of aliphatic hydroxyl groups is 1.